The van der Waals surface area contributed by atoms with Gasteiger partial charge in [-0.1, -0.05) is 13.8 Å². The molecular formula is C21H36N7O16P3SSn. The van der Waals surface area contributed by atoms with Crippen molar-refractivity contribution >= 4 is 88.8 Å². The van der Waals surface area contributed by atoms with Crippen molar-refractivity contribution in [3.05, 3.63) is 12.7 Å². The number of amides is 2. The molecule has 1 saturated heterocycles. The average molecular weight is 886 g/mol. The Kier molecular flexibility index (Phi) is 16.1. The number of nitrogens with one attached hydrogen (secondary N) is 2. The van der Waals surface area contributed by atoms with Crippen LogP contribution in [0, 0.1) is 5.41 Å². The summed E-state index contributed by atoms with van der Waals surface area (Å²) in [5.74, 6) is -0.943. The number of carbonyl (C=O) groups excluding carboxylic acids is 2. The Labute approximate surface area is 300 Å². The van der Waals surface area contributed by atoms with Crippen LogP contribution in [0.15, 0.2) is 12.7 Å². The molecule has 2 aromatic rings. The number of carbonyl (C=O) groups is 2. The van der Waals surface area contributed by atoms with Crippen LogP contribution in [0.5, 0.6) is 0 Å². The van der Waals surface area contributed by atoms with E-state index in [1.165, 1.54) is 13.8 Å². The van der Waals surface area contributed by atoms with Gasteiger partial charge >= 0.3 is 23.5 Å². The maximum absolute atomic E-state index is 12.6. The van der Waals surface area contributed by atoms with Gasteiger partial charge in [0.1, 0.15) is 36.3 Å². The number of imidazole rings is 1. The molecule has 4 radical (unpaired) electrons. The predicted octanol–water partition coefficient (Wildman–Crippen LogP) is -2.05. The third kappa shape index (κ3) is 12.7. The molecule has 23 nitrogen and oxygen atoms in total. The fourth-order valence-corrected chi connectivity index (χ4v) is 7.08. The fourth-order valence-electron chi connectivity index (χ4n) is 4.14. The molecule has 2 unspecified atom stereocenters. The fraction of sp³-hybridized carbons (Fsp3) is 0.667. The summed E-state index contributed by atoms with van der Waals surface area (Å²) < 4.78 is 61.7. The second-order valence-electron chi connectivity index (χ2n) is 10.8. The SMILES string of the molecule is CC(C)(COP(=O)(O)OP(=O)(O)OC[C@H]1O[C@@H](n2cnc3c(N)ncnc32)[C@H](O)[C@@H]1OP(=O)(O)O)[C@@H](O)C(=O)NCCC(=O)NCCS.[Sn]. The third-order valence-corrected chi connectivity index (χ3v) is 9.83. The number of aromatic nitrogens is 4. The number of phosphoric acid groups is 3. The number of fused-ring (bicyclic) bond motifs is 1. The van der Waals surface area contributed by atoms with E-state index >= 15 is 0 Å². The Morgan fingerprint density at radius 3 is 2.39 bits per heavy atom. The molecule has 49 heavy (non-hydrogen) atoms. The normalized spacial score (nSPS) is 22.9. The number of ether oxygens (including phenoxy) is 1. The first-order chi connectivity index (χ1) is 22.2. The molecule has 10 N–H and O–H groups in total. The van der Waals surface area contributed by atoms with Crippen molar-refractivity contribution in [3.63, 3.8) is 0 Å². The molecule has 1 aliphatic rings. The summed E-state index contributed by atoms with van der Waals surface area (Å²) in [6.45, 7) is 0.723. The molecule has 0 spiro atoms. The van der Waals surface area contributed by atoms with E-state index in [2.05, 4.69) is 47.0 Å². The number of aliphatic hydroxyl groups is 2. The topological polar surface area (TPSA) is 347 Å². The second-order valence-corrected chi connectivity index (χ2v) is 15.5. The molecule has 0 saturated carbocycles. The summed E-state index contributed by atoms with van der Waals surface area (Å²) in [5.41, 5.74) is 4.30. The molecule has 1 fully saturated rings. The molecule has 276 valence electrons. The van der Waals surface area contributed by atoms with Crippen LogP contribution in [0.3, 0.4) is 0 Å². The van der Waals surface area contributed by atoms with E-state index in [0.717, 1.165) is 17.2 Å². The summed E-state index contributed by atoms with van der Waals surface area (Å²) in [7, 11) is -16.3. The van der Waals surface area contributed by atoms with Crippen LogP contribution in [0.2, 0.25) is 0 Å². The number of nitrogens with two attached hydrogens (primary N) is 1. The number of rotatable bonds is 18. The Bertz CT molecular complexity index is 1600. The number of hydrogen-bond donors (Lipinski definition) is 10. The van der Waals surface area contributed by atoms with Gasteiger partial charge in [0.2, 0.25) is 11.8 Å². The minimum atomic E-state index is -5.54. The molecule has 0 bridgehead atoms. The van der Waals surface area contributed by atoms with Crippen molar-refractivity contribution in [2.45, 2.75) is 50.9 Å². The van der Waals surface area contributed by atoms with Crippen molar-refractivity contribution in [1.29, 1.82) is 0 Å². The minimum absolute atomic E-state index is 0. The van der Waals surface area contributed by atoms with Gasteiger partial charge in [-0.2, -0.15) is 16.9 Å². The summed E-state index contributed by atoms with van der Waals surface area (Å²) in [4.78, 5) is 74.6. The molecular weight excluding hydrogens is 850 g/mol. The summed E-state index contributed by atoms with van der Waals surface area (Å²) in [5, 5.41) is 26.1. The second kappa shape index (κ2) is 17.9. The predicted molar refractivity (Wildman–Crippen MR) is 169 cm³/mol. The standard InChI is InChI=1S/C21H36N7O16P3S.Sn/c1-21(2,16(31)19(32)24-4-3-12(29)23-5-6-48)8-41-47(38,39)44-46(36,37)40-7-11-15(43-45(33,34)35)14(30)20(42-11)28-10-27-13-17(22)25-9-26-18(13)28;/h9-11,14-16,20,30-31,48H,3-8H2,1-2H3,(H,23,29)(H,24,32)(H,36,37)(H,38,39)(H2,22,25,26)(H2,33,34,35);/t11-,14-,15-,16+,20-;/m1./s1. The molecule has 28 heteroatoms. The van der Waals surface area contributed by atoms with Crippen LogP contribution in [0.1, 0.15) is 26.5 Å². The zero-order chi connectivity index (χ0) is 36.1. The van der Waals surface area contributed by atoms with E-state index < -0.39 is 78.6 Å². The Morgan fingerprint density at radius 2 is 1.76 bits per heavy atom. The first-order valence-corrected chi connectivity index (χ1v) is 18.8. The Balaban J connectivity index is 0.00000833. The number of thiol groups is 1. The van der Waals surface area contributed by atoms with Crippen molar-refractivity contribution in [1.82, 2.24) is 30.2 Å². The monoisotopic (exact) mass is 887 g/mol. The molecule has 3 rings (SSSR count). The molecule has 7 atom stereocenters. The van der Waals surface area contributed by atoms with Crippen LogP contribution in [-0.2, 0) is 45.9 Å². The van der Waals surface area contributed by atoms with Gasteiger partial charge in [0.05, 0.1) is 19.5 Å². The van der Waals surface area contributed by atoms with Crippen LogP contribution < -0.4 is 16.4 Å². The van der Waals surface area contributed by atoms with Gasteiger partial charge in [-0.25, -0.2) is 28.6 Å². The number of anilines is 1. The molecule has 0 aliphatic carbocycles. The van der Waals surface area contributed by atoms with Crippen LogP contribution >= 0.6 is 36.1 Å². The molecule has 3 heterocycles. The number of nitrogen functional groups attached to an aromatic ring is 1. The summed E-state index contributed by atoms with van der Waals surface area (Å²) >= 11 is 3.95. The molecule has 2 amide bonds. The van der Waals surface area contributed by atoms with E-state index in [-0.39, 0.29) is 59.8 Å². The van der Waals surface area contributed by atoms with Crippen LogP contribution in [0.4, 0.5) is 5.82 Å². The smallest absolute Gasteiger partial charge is 0.386 e. The van der Waals surface area contributed by atoms with Gasteiger partial charge in [0.25, 0.3) is 0 Å². The quantitative estimate of drug-likeness (QED) is 0.0438. The van der Waals surface area contributed by atoms with Gasteiger partial charge < -0.3 is 50.9 Å². The van der Waals surface area contributed by atoms with Crippen molar-refractivity contribution < 1.29 is 75.7 Å². The van der Waals surface area contributed by atoms with Gasteiger partial charge in [-0.15, -0.1) is 0 Å². The summed E-state index contributed by atoms with van der Waals surface area (Å²) in [6, 6.07) is 0. The largest absolute Gasteiger partial charge is 0.481 e. The van der Waals surface area contributed by atoms with Gasteiger partial charge in [0, 0.05) is 54.6 Å². The third-order valence-electron chi connectivity index (χ3n) is 6.51. The van der Waals surface area contributed by atoms with Gasteiger partial charge in [0.15, 0.2) is 17.7 Å². The zero-order valence-electron chi connectivity index (χ0n) is 25.7. The Hall–Kier alpha value is -1.31. The number of phosphoric ester groups is 3. The van der Waals surface area contributed by atoms with Gasteiger partial charge in [-0.3, -0.25) is 27.7 Å². The number of nitrogens with zero attached hydrogens (tertiary/aromatic N) is 4. The average Bonchev–Trinajstić information content (AvgIpc) is 3.54. The maximum atomic E-state index is 12.6. The zero-order valence-corrected chi connectivity index (χ0v) is 32.1. The number of hydrogen-bond acceptors (Lipinski definition) is 17. The Morgan fingerprint density at radius 1 is 1.10 bits per heavy atom. The van der Waals surface area contributed by atoms with Gasteiger partial charge in [-0.05, 0) is 0 Å². The van der Waals surface area contributed by atoms with Crippen molar-refractivity contribution in [2.75, 3.05) is 37.8 Å². The first-order valence-electron chi connectivity index (χ1n) is 13.7. The molecule has 1 aliphatic heterocycles. The van der Waals surface area contributed by atoms with E-state index in [9.17, 15) is 53.1 Å². The van der Waals surface area contributed by atoms with E-state index in [1.807, 2.05) is 0 Å². The molecule has 0 aromatic carbocycles. The molecule has 2 aromatic heterocycles. The first kappa shape index (κ1) is 43.9. The van der Waals surface area contributed by atoms with E-state index in [1.54, 1.807) is 0 Å². The van der Waals surface area contributed by atoms with Crippen LogP contribution in [-0.4, -0.2) is 141 Å². The number of aliphatic hydroxyl groups excluding tert-OH is 2. The maximum Gasteiger partial charge on any atom is 0.481 e. The van der Waals surface area contributed by atoms with E-state index in [0.29, 0.717) is 12.3 Å². The summed E-state index contributed by atoms with van der Waals surface area (Å²) in [6.07, 6.45) is -6.74. The van der Waals surface area contributed by atoms with Crippen molar-refractivity contribution in [3.8, 4) is 0 Å². The minimum Gasteiger partial charge on any atom is -0.386 e. The van der Waals surface area contributed by atoms with Crippen LogP contribution in [0.25, 0.3) is 11.2 Å². The van der Waals surface area contributed by atoms with Crippen molar-refractivity contribution in [2.24, 2.45) is 5.41 Å². The van der Waals surface area contributed by atoms with E-state index in [4.69, 9.17) is 19.5 Å².